The van der Waals surface area contributed by atoms with E-state index in [4.69, 9.17) is 5.11 Å². The van der Waals surface area contributed by atoms with Crippen molar-refractivity contribution in [2.75, 3.05) is 44.7 Å². The van der Waals surface area contributed by atoms with E-state index in [1.807, 2.05) is 6.08 Å². The van der Waals surface area contributed by atoms with Crippen molar-refractivity contribution >= 4 is 11.8 Å². The van der Waals surface area contributed by atoms with Gasteiger partial charge in [-0.05, 0) is 31.2 Å². The zero-order valence-corrected chi connectivity index (χ0v) is 11.0. The van der Waals surface area contributed by atoms with Crippen LogP contribution in [-0.4, -0.2) is 49.8 Å². The SMILES string of the molecule is CN1CCN(c2ccc(C=CCCO)cc2)CC1. The topological polar surface area (TPSA) is 26.7 Å². The summed E-state index contributed by atoms with van der Waals surface area (Å²) in [4.78, 5) is 4.80. The molecule has 1 fully saturated rings. The average Bonchev–Trinajstić information content (AvgIpc) is 2.41. The summed E-state index contributed by atoms with van der Waals surface area (Å²) in [5, 5.41) is 8.72. The molecular formula is C15H22N2O. The maximum Gasteiger partial charge on any atom is 0.0465 e. The third-order valence-corrected chi connectivity index (χ3v) is 3.37. The van der Waals surface area contributed by atoms with Crippen molar-refractivity contribution in [3.63, 3.8) is 0 Å². The molecular weight excluding hydrogens is 224 g/mol. The predicted molar refractivity (Wildman–Crippen MR) is 76.9 cm³/mol. The first kappa shape index (κ1) is 13.1. The third kappa shape index (κ3) is 3.59. The first-order valence-corrected chi connectivity index (χ1v) is 6.60. The van der Waals surface area contributed by atoms with E-state index in [-0.39, 0.29) is 6.61 Å². The van der Waals surface area contributed by atoms with Crippen molar-refractivity contribution in [2.45, 2.75) is 6.42 Å². The minimum absolute atomic E-state index is 0.218. The molecule has 0 bridgehead atoms. The minimum Gasteiger partial charge on any atom is -0.396 e. The van der Waals surface area contributed by atoms with Crippen molar-refractivity contribution < 1.29 is 5.11 Å². The van der Waals surface area contributed by atoms with Gasteiger partial charge >= 0.3 is 0 Å². The molecule has 1 aliphatic rings. The molecule has 2 rings (SSSR count). The van der Waals surface area contributed by atoms with E-state index in [0.29, 0.717) is 0 Å². The smallest absolute Gasteiger partial charge is 0.0465 e. The Kier molecular flexibility index (Phi) is 4.79. The maximum absolute atomic E-state index is 8.72. The van der Waals surface area contributed by atoms with Crippen LogP contribution in [0.25, 0.3) is 6.08 Å². The summed E-state index contributed by atoms with van der Waals surface area (Å²) < 4.78 is 0. The lowest BCUT2D eigenvalue weighted by Gasteiger charge is -2.34. The molecule has 1 saturated heterocycles. The first-order chi connectivity index (χ1) is 8.79. The fraction of sp³-hybridized carbons (Fsp3) is 0.467. The molecule has 1 aliphatic heterocycles. The zero-order chi connectivity index (χ0) is 12.8. The fourth-order valence-electron chi connectivity index (χ4n) is 2.15. The molecule has 0 amide bonds. The van der Waals surface area contributed by atoms with Crippen LogP contribution < -0.4 is 4.90 Å². The van der Waals surface area contributed by atoms with Crippen LogP contribution in [0.4, 0.5) is 5.69 Å². The van der Waals surface area contributed by atoms with Gasteiger partial charge in [-0.1, -0.05) is 24.3 Å². The van der Waals surface area contributed by atoms with Crippen molar-refractivity contribution in [1.82, 2.24) is 4.90 Å². The summed E-state index contributed by atoms with van der Waals surface area (Å²) in [7, 11) is 2.17. The van der Waals surface area contributed by atoms with Crippen LogP contribution in [0.1, 0.15) is 12.0 Å². The van der Waals surface area contributed by atoms with Gasteiger partial charge in [-0.25, -0.2) is 0 Å². The Morgan fingerprint density at radius 3 is 2.39 bits per heavy atom. The maximum atomic E-state index is 8.72. The van der Waals surface area contributed by atoms with Crippen molar-refractivity contribution in [2.24, 2.45) is 0 Å². The number of nitrogens with zero attached hydrogens (tertiary/aromatic N) is 2. The molecule has 0 unspecified atom stereocenters. The molecule has 1 N–H and O–H groups in total. The highest BCUT2D eigenvalue weighted by molar-refractivity contribution is 5.56. The minimum atomic E-state index is 0.218. The van der Waals surface area contributed by atoms with Crippen molar-refractivity contribution in [3.8, 4) is 0 Å². The highest BCUT2D eigenvalue weighted by Gasteiger charge is 2.13. The molecule has 0 atom stereocenters. The van der Waals surface area contributed by atoms with Crippen LogP contribution in [0, 0.1) is 0 Å². The fourth-order valence-corrected chi connectivity index (χ4v) is 2.15. The number of benzene rings is 1. The molecule has 1 heterocycles. The second-order valence-corrected chi connectivity index (χ2v) is 4.80. The number of aliphatic hydroxyl groups is 1. The summed E-state index contributed by atoms with van der Waals surface area (Å²) in [6.45, 7) is 4.71. The Balaban J connectivity index is 1.95. The van der Waals surface area contributed by atoms with Gasteiger partial charge < -0.3 is 14.9 Å². The normalized spacial score (nSPS) is 17.6. The van der Waals surface area contributed by atoms with Gasteiger partial charge in [0.2, 0.25) is 0 Å². The van der Waals surface area contributed by atoms with Crippen molar-refractivity contribution in [3.05, 3.63) is 35.9 Å². The van der Waals surface area contributed by atoms with Crippen molar-refractivity contribution in [1.29, 1.82) is 0 Å². The summed E-state index contributed by atoms with van der Waals surface area (Å²) in [5.74, 6) is 0. The molecule has 98 valence electrons. The number of anilines is 1. The lowest BCUT2D eigenvalue weighted by Crippen LogP contribution is -2.44. The molecule has 0 aromatic heterocycles. The molecule has 1 aromatic carbocycles. The molecule has 18 heavy (non-hydrogen) atoms. The standard InChI is InChI=1S/C15H22N2O/c1-16-9-11-17(12-10-16)15-7-5-14(6-8-15)4-2-3-13-18/h2,4-8,18H,3,9-13H2,1H3. The van der Waals surface area contributed by atoms with Crippen LogP contribution in [0.3, 0.4) is 0 Å². The van der Waals surface area contributed by atoms with Crippen LogP contribution >= 0.6 is 0 Å². The summed E-state index contributed by atoms with van der Waals surface area (Å²) in [6.07, 6.45) is 4.79. The zero-order valence-electron chi connectivity index (χ0n) is 11.0. The van der Waals surface area contributed by atoms with Gasteiger partial charge in [0.15, 0.2) is 0 Å². The molecule has 0 spiro atoms. The summed E-state index contributed by atoms with van der Waals surface area (Å²) >= 11 is 0. The van der Waals surface area contributed by atoms with Crippen LogP contribution in [-0.2, 0) is 0 Å². The number of hydrogen-bond acceptors (Lipinski definition) is 3. The summed E-state index contributed by atoms with van der Waals surface area (Å²) in [6, 6.07) is 8.65. The van der Waals surface area contributed by atoms with Gasteiger partial charge in [0.05, 0.1) is 0 Å². The van der Waals surface area contributed by atoms with Gasteiger partial charge in [0, 0.05) is 38.5 Å². The van der Waals surface area contributed by atoms with E-state index in [1.54, 1.807) is 0 Å². The van der Waals surface area contributed by atoms with E-state index in [9.17, 15) is 0 Å². The lowest BCUT2D eigenvalue weighted by atomic mass is 10.1. The second kappa shape index (κ2) is 6.57. The van der Waals surface area contributed by atoms with Crippen LogP contribution in [0.5, 0.6) is 0 Å². The number of hydrogen-bond donors (Lipinski definition) is 1. The van der Waals surface area contributed by atoms with Gasteiger partial charge in [-0.2, -0.15) is 0 Å². The molecule has 0 aliphatic carbocycles. The van der Waals surface area contributed by atoms with E-state index in [1.165, 1.54) is 11.3 Å². The van der Waals surface area contributed by atoms with E-state index in [0.717, 1.165) is 32.6 Å². The van der Waals surface area contributed by atoms with Gasteiger partial charge in [0.1, 0.15) is 0 Å². The van der Waals surface area contributed by atoms with Gasteiger partial charge in [-0.3, -0.25) is 0 Å². The average molecular weight is 246 g/mol. The third-order valence-electron chi connectivity index (χ3n) is 3.37. The van der Waals surface area contributed by atoms with Gasteiger partial charge in [-0.15, -0.1) is 0 Å². The Hall–Kier alpha value is -1.32. The van der Waals surface area contributed by atoms with E-state index in [2.05, 4.69) is 47.2 Å². The van der Waals surface area contributed by atoms with Crippen LogP contribution in [0.2, 0.25) is 0 Å². The Morgan fingerprint density at radius 1 is 1.11 bits per heavy atom. The largest absolute Gasteiger partial charge is 0.396 e. The highest BCUT2D eigenvalue weighted by atomic mass is 16.2. The highest BCUT2D eigenvalue weighted by Crippen LogP contribution is 2.17. The van der Waals surface area contributed by atoms with Gasteiger partial charge in [0.25, 0.3) is 0 Å². The second-order valence-electron chi connectivity index (χ2n) is 4.80. The quantitative estimate of drug-likeness (QED) is 0.878. The molecule has 0 radical (unpaired) electrons. The monoisotopic (exact) mass is 246 g/mol. The number of aliphatic hydroxyl groups excluding tert-OH is 1. The molecule has 3 nitrogen and oxygen atoms in total. The molecule has 0 saturated carbocycles. The molecule has 3 heteroatoms. The summed E-state index contributed by atoms with van der Waals surface area (Å²) in [5.41, 5.74) is 2.50. The Bertz CT molecular complexity index is 378. The molecule has 1 aromatic rings. The van der Waals surface area contributed by atoms with E-state index < -0.39 is 0 Å². The number of rotatable bonds is 4. The Morgan fingerprint density at radius 2 is 1.78 bits per heavy atom. The first-order valence-electron chi connectivity index (χ1n) is 6.60. The lowest BCUT2D eigenvalue weighted by molar-refractivity contribution is 0.303. The number of piperazine rings is 1. The van der Waals surface area contributed by atoms with E-state index >= 15 is 0 Å². The van der Waals surface area contributed by atoms with Crippen LogP contribution in [0.15, 0.2) is 30.3 Å². The Labute approximate surface area is 109 Å². The number of likely N-dealkylation sites (N-methyl/N-ethyl adjacent to an activating group) is 1. The predicted octanol–water partition coefficient (Wildman–Crippen LogP) is 1.83.